The van der Waals surface area contributed by atoms with E-state index in [0.29, 0.717) is 0 Å². The van der Waals surface area contributed by atoms with Gasteiger partial charge in [0.1, 0.15) is 24.2 Å². The van der Waals surface area contributed by atoms with Crippen LogP contribution >= 0.6 is 0 Å². The van der Waals surface area contributed by atoms with Crippen molar-refractivity contribution >= 4 is 35.6 Å². The molecule has 0 aliphatic carbocycles. The molecule has 1 heterocycles. The Hall–Kier alpha value is -3.22. The van der Waals surface area contributed by atoms with Crippen LogP contribution in [0.15, 0.2) is 0 Å². The van der Waals surface area contributed by atoms with E-state index in [4.69, 9.17) is 10.2 Å². The predicted molar refractivity (Wildman–Crippen MR) is 98.8 cm³/mol. The maximum Gasteiger partial charge on any atom is 0.303 e. The van der Waals surface area contributed by atoms with Crippen molar-refractivity contribution in [2.24, 2.45) is 0 Å². The molecule has 1 fully saturated rings. The number of amides is 4. The van der Waals surface area contributed by atoms with Crippen LogP contribution < -0.4 is 21.3 Å². The van der Waals surface area contributed by atoms with E-state index < -0.39 is 78.7 Å². The van der Waals surface area contributed by atoms with Crippen molar-refractivity contribution in [2.75, 3.05) is 0 Å². The van der Waals surface area contributed by atoms with Crippen molar-refractivity contribution in [3.05, 3.63) is 0 Å². The van der Waals surface area contributed by atoms with E-state index in [1.165, 1.54) is 13.8 Å². The summed E-state index contributed by atoms with van der Waals surface area (Å²) in [7, 11) is 0. The summed E-state index contributed by atoms with van der Waals surface area (Å²) in [6, 6.07) is -5.35. The van der Waals surface area contributed by atoms with Crippen LogP contribution in [0.1, 0.15) is 39.5 Å². The van der Waals surface area contributed by atoms with Crippen molar-refractivity contribution < 1.29 is 44.1 Å². The average molecular weight is 430 g/mol. The number of carboxylic acids is 2. The first-order chi connectivity index (χ1) is 13.9. The van der Waals surface area contributed by atoms with E-state index in [1.807, 2.05) is 0 Å². The maximum atomic E-state index is 12.5. The Morgan fingerprint density at radius 2 is 1.23 bits per heavy atom. The quantitative estimate of drug-likeness (QED) is 0.220. The van der Waals surface area contributed by atoms with Gasteiger partial charge in [0.2, 0.25) is 23.6 Å². The van der Waals surface area contributed by atoms with Crippen molar-refractivity contribution in [3.63, 3.8) is 0 Å². The molecule has 1 aliphatic heterocycles. The third-order valence-corrected chi connectivity index (χ3v) is 4.37. The van der Waals surface area contributed by atoms with Crippen molar-refractivity contribution in [3.8, 4) is 0 Å². The molecule has 0 aromatic rings. The van der Waals surface area contributed by atoms with Gasteiger partial charge in [-0.25, -0.2) is 0 Å². The largest absolute Gasteiger partial charge is 0.481 e. The van der Waals surface area contributed by atoms with E-state index in [1.54, 1.807) is 0 Å². The van der Waals surface area contributed by atoms with Crippen molar-refractivity contribution in [1.29, 1.82) is 0 Å². The van der Waals surface area contributed by atoms with Gasteiger partial charge in [0, 0.05) is 12.8 Å². The van der Waals surface area contributed by atoms with Crippen LogP contribution in [0.25, 0.3) is 0 Å². The zero-order valence-corrected chi connectivity index (χ0v) is 16.5. The number of carbonyl (C=O) groups excluding carboxylic acids is 4. The summed E-state index contributed by atoms with van der Waals surface area (Å²) in [6.45, 7) is 2.51. The first-order valence-electron chi connectivity index (χ1n) is 9.25. The van der Waals surface area contributed by atoms with Gasteiger partial charge >= 0.3 is 11.9 Å². The number of rotatable bonds is 7. The highest BCUT2D eigenvalue weighted by Crippen LogP contribution is 2.06. The van der Waals surface area contributed by atoms with Crippen LogP contribution in [0.4, 0.5) is 0 Å². The molecule has 1 aliphatic rings. The number of carboxylic acid groups (broad SMARTS) is 2. The van der Waals surface area contributed by atoms with Crippen LogP contribution in [-0.4, -0.2) is 81.2 Å². The molecule has 0 saturated carbocycles. The van der Waals surface area contributed by atoms with E-state index in [9.17, 15) is 33.9 Å². The number of carbonyl (C=O) groups is 6. The molecule has 7 N–H and O–H groups in total. The Labute approximate surface area is 171 Å². The summed E-state index contributed by atoms with van der Waals surface area (Å²) >= 11 is 0. The molecular formula is C17H26N4O9. The molecule has 0 aromatic heterocycles. The molecule has 4 amide bonds. The Kier molecular flexibility index (Phi) is 9.17. The third-order valence-electron chi connectivity index (χ3n) is 4.37. The molecule has 1 saturated heterocycles. The number of nitrogens with one attached hydrogen (secondary N) is 4. The minimum absolute atomic E-state index is 0.289. The Morgan fingerprint density at radius 3 is 1.67 bits per heavy atom. The second kappa shape index (κ2) is 11.1. The van der Waals surface area contributed by atoms with Gasteiger partial charge in [-0.05, 0) is 26.7 Å². The maximum absolute atomic E-state index is 12.5. The molecule has 13 heteroatoms. The standard InChI is InChI=1S/C17H26N4O9/c1-7-14(27)19-10(4-6-12(25)26)16(29)21-13(8(2)22)17(30)20-9(15(28)18-7)3-5-11(23)24/h7-10,13,22H,3-6H2,1-2H3,(H,18,28)(H,19,27)(H,20,30)(H,21,29)(H,23,24)(H,25,26)/t7-,8+,9-,10-,13-/m0/s1. The first-order valence-corrected chi connectivity index (χ1v) is 9.25. The van der Waals surface area contributed by atoms with Crippen LogP contribution in [0.3, 0.4) is 0 Å². The molecule has 0 spiro atoms. The molecule has 13 nitrogen and oxygen atoms in total. The number of hydrogen-bond acceptors (Lipinski definition) is 7. The molecule has 168 valence electrons. The van der Waals surface area contributed by atoms with Gasteiger partial charge in [-0.15, -0.1) is 0 Å². The smallest absolute Gasteiger partial charge is 0.303 e. The Balaban J connectivity index is 3.19. The molecule has 1 rings (SSSR count). The molecule has 0 aromatic carbocycles. The predicted octanol–water partition coefficient (Wildman–Crippen LogP) is -2.93. The molecular weight excluding hydrogens is 404 g/mol. The van der Waals surface area contributed by atoms with Gasteiger partial charge in [-0.2, -0.15) is 0 Å². The molecule has 0 unspecified atom stereocenters. The van der Waals surface area contributed by atoms with Gasteiger partial charge < -0.3 is 36.6 Å². The molecule has 0 radical (unpaired) electrons. The van der Waals surface area contributed by atoms with Crippen LogP contribution in [0, 0.1) is 0 Å². The highest BCUT2D eigenvalue weighted by Gasteiger charge is 2.34. The minimum atomic E-state index is -1.53. The highest BCUT2D eigenvalue weighted by atomic mass is 16.4. The van der Waals surface area contributed by atoms with E-state index in [0.717, 1.165) is 0 Å². The lowest BCUT2D eigenvalue weighted by molar-refractivity contribution is -0.140. The monoisotopic (exact) mass is 430 g/mol. The average Bonchev–Trinajstić information content (AvgIpc) is 2.64. The zero-order chi connectivity index (χ0) is 23.0. The second-order valence-electron chi connectivity index (χ2n) is 6.94. The topological polar surface area (TPSA) is 211 Å². The van der Waals surface area contributed by atoms with Crippen molar-refractivity contribution in [1.82, 2.24) is 21.3 Å². The van der Waals surface area contributed by atoms with Crippen LogP contribution in [-0.2, 0) is 28.8 Å². The fraction of sp³-hybridized carbons (Fsp3) is 0.647. The summed E-state index contributed by atoms with van der Waals surface area (Å²) in [4.78, 5) is 71.6. The Morgan fingerprint density at radius 1 is 0.800 bits per heavy atom. The van der Waals surface area contributed by atoms with Gasteiger partial charge in [0.05, 0.1) is 6.10 Å². The molecule has 30 heavy (non-hydrogen) atoms. The lowest BCUT2D eigenvalue weighted by atomic mass is 10.0. The lowest BCUT2D eigenvalue weighted by Crippen LogP contribution is -2.62. The summed E-state index contributed by atoms with van der Waals surface area (Å²) in [5.74, 6) is -5.88. The highest BCUT2D eigenvalue weighted by molar-refractivity contribution is 5.97. The summed E-state index contributed by atoms with van der Waals surface area (Å²) in [5.41, 5.74) is 0. The summed E-state index contributed by atoms with van der Waals surface area (Å²) < 4.78 is 0. The van der Waals surface area contributed by atoms with Gasteiger partial charge in [0.15, 0.2) is 0 Å². The normalized spacial score (nSPS) is 26.8. The number of aliphatic hydroxyl groups is 1. The fourth-order valence-corrected chi connectivity index (χ4v) is 2.67. The SMILES string of the molecule is C[C@@H]1NC(=O)[C@H](CCC(=O)O)NC(=O)[C@H]([C@@H](C)O)NC(=O)[C@H](CCC(=O)O)NC1=O. The van der Waals surface area contributed by atoms with Crippen LogP contribution in [0.5, 0.6) is 0 Å². The van der Waals surface area contributed by atoms with Crippen LogP contribution in [0.2, 0.25) is 0 Å². The fourth-order valence-electron chi connectivity index (χ4n) is 2.67. The summed E-state index contributed by atoms with van der Waals surface area (Å²) in [6.07, 6.45) is -2.90. The molecule has 0 bridgehead atoms. The second-order valence-corrected chi connectivity index (χ2v) is 6.94. The summed E-state index contributed by atoms with van der Waals surface area (Å²) in [5, 5.41) is 36.7. The van der Waals surface area contributed by atoms with E-state index >= 15 is 0 Å². The van der Waals surface area contributed by atoms with Gasteiger partial charge in [-0.1, -0.05) is 0 Å². The number of hydrogen-bond donors (Lipinski definition) is 7. The van der Waals surface area contributed by atoms with Gasteiger partial charge in [0.25, 0.3) is 0 Å². The first kappa shape index (κ1) is 24.8. The number of aliphatic carboxylic acids is 2. The van der Waals surface area contributed by atoms with E-state index in [-0.39, 0.29) is 12.8 Å². The third kappa shape index (κ3) is 7.66. The minimum Gasteiger partial charge on any atom is -0.481 e. The van der Waals surface area contributed by atoms with E-state index in [2.05, 4.69) is 21.3 Å². The number of aliphatic hydroxyl groups excluding tert-OH is 1. The Bertz CT molecular complexity index is 693. The molecule has 5 atom stereocenters. The van der Waals surface area contributed by atoms with Crippen molar-refractivity contribution in [2.45, 2.75) is 69.8 Å². The zero-order valence-electron chi connectivity index (χ0n) is 16.5. The van der Waals surface area contributed by atoms with Gasteiger partial charge in [-0.3, -0.25) is 28.8 Å². The lowest BCUT2D eigenvalue weighted by Gasteiger charge is -2.29.